The highest BCUT2D eigenvalue weighted by Crippen LogP contribution is 2.32. The van der Waals surface area contributed by atoms with E-state index in [0.717, 1.165) is 32.5 Å². The normalized spacial score (nSPS) is 15.0. The molecule has 0 radical (unpaired) electrons. The molecule has 0 atom stereocenters. The van der Waals surface area contributed by atoms with Crippen LogP contribution in [0.1, 0.15) is 23.2 Å². The zero-order chi connectivity index (χ0) is 21.7. The second kappa shape index (κ2) is 9.88. The number of benzene rings is 2. The first-order valence-electron chi connectivity index (χ1n) is 9.81. The molecule has 9 heteroatoms. The fraction of sp³-hybridized carbons (Fsp3) is 0.381. The lowest BCUT2D eigenvalue weighted by molar-refractivity contribution is -0.384. The number of hydrogen-bond acceptors (Lipinski definition) is 6. The number of likely N-dealkylation sites (tertiary alicyclic amines) is 1. The molecule has 1 aliphatic heterocycles. The number of halogens is 1. The van der Waals surface area contributed by atoms with Crippen molar-refractivity contribution >= 4 is 34.6 Å². The highest BCUT2D eigenvalue weighted by Gasteiger charge is 2.27. The number of nitro groups is 1. The number of para-hydroxylation sites is 1. The van der Waals surface area contributed by atoms with Gasteiger partial charge in [0, 0.05) is 43.9 Å². The van der Waals surface area contributed by atoms with E-state index in [1.165, 1.54) is 6.07 Å². The average Bonchev–Trinajstić information content (AvgIpc) is 2.74. The smallest absolute Gasteiger partial charge is 0.305 e. The largest absolute Gasteiger partial charge is 0.393 e. The van der Waals surface area contributed by atoms with Crippen molar-refractivity contribution in [3.8, 4) is 0 Å². The Bertz CT molecular complexity index is 898. The van der Waals surface area contributed by atoms with Crippen LogP contribution in [0.15, 0.2) is 42.5 Å². The minimum Gasteiger partial charge on any atom is -0.393 e. The quantitative estimate of drug-likeness (QED) is 0.514. The molecule has 0 saturated carbocycles. The van der Waals surface area contributed by atoms with Crippen molar-refractivity contribution in [2.75, 3.05) is 43.4 Å². The summed E-state index contributed by atoms with van der Waals surface area (Å²) in [6.07, 6.45) is 1.24. The first-order chi connectivity index (χ1) is 14.3. The van der Waals surface area contributed by atoms with E-state index < -0.39 is 10.8 Å². The first-order valence-corrected chi connectivity index (χ1v) is 10.2. The van der Waals surface area contributed by atoms with Crippen LogP contribution in [0.2, 0.25) is 5.02 Å². The Balaban J connectivity index is 1.75. The summed E-state index contributed by atoms with van der Waals surface area (Å²) < 4.78 is 0. The molecular formula is C21H25ClN4O4. The number of nitrogens with one attached hydrogen (secondary N) is 1. The van der Waals surface area contributed by atoms with Gasteiger partial charge < -0.3 is 20.2 Å². The Kier molecular flexibility index (Phi) is 7.25. The van der Waals surface area contributed by atoms with E-state index in [9.17, 15) is 20.0 Å². The van der Waals surface area contributed by atoms with Crippen molar-refractivity contribution in [1.82, 2.24) is 4.90 Å². The summed E-state index contributed by atoms with van der Waals surface area (Å²) in [6, 6.07) is 11.3. The van der Waals surface area contributed by atoms with Crippen molar-refractivity contribution in [3.05, 3.63) is 63.2 Å². The van der Waals surface area contributed by atoms with Crippen LogP contribution in [0.4, 0.5) is 17.1 Å². The molecule has 1 fully saturated rings. The topological polar surface area (TPSA) is 99.0 Å². The van der Waals surface area contributed by atoms with Gasteiger partial charge in [0.25, 0.3) is 5.91 Å². The molecule has 3 rings (SSSR count). The molecule has 2 aromatic rings. The first kappa shape index (κ1) is 22.0. The van der Waals surface area contributed by atoms with Crippen molar-refractivity contribution in [2.24, 2.45) is 0 Å². The summed E-state index contributed by atoms with van der Waals surface area (Å²) in [5.41, 5.74) is 0.673. The van der Waals surface area contributed by atoms with Crippen LogP contribution in [0.5, 0.6) is 0 Å². The van der Waals surface area contributed by atoms with Gasteiger partial charge >= 0.3 is 5.69 Å². The molecule has 2 N–H and O–H groups in total. The second-order valence-electron chi connectivity index (χ2n) is 7.39. The lowest BCUT2D eigenvalue weighted by Gasteiger charge is -2.31. The van der Waals surface area contributed by atoms with Crippen LogP contribution < -0.4 is 10.2 Å². The summed E-state index contributed by atoms with van der Waals surface area (Å²) >= 11 is 5.86. The molecule has 160 valence electrons. The van der Waals surface area contributed by atoms with Crippen LogP contribution >= 0.6 is 11.6 Å². The number of nitro benzene ring substituents is 1. The number of likely N-dealkylation sites (N-methyl/N-ethyl adjacent to an activating group) is 1. The van der Waals surface area contributed by atoms with Gasteiger partial charge in [-0.05, 0) is 49.2 Å². The van der Waals surface area contributed by atoms with E-state index in [4.69, 9.17) is 11.6 Å². The van der Waals surface area contributed by atoms with Crippen molar-refractivity contribution in [1.29, 1.82) is 0 Å². The van der Waals surface area contributed by atoms with Crippen molar-refractivity contribution in [2.45, 2.75) is 18.9 Å². The number of carbonyl (C=O) groups is 1. The SMILES string of the molecule is CN(CCN1CCC(O)CC1)c1cccc(C(=O)Nc2ccc(Cl)cc2)c1[N+](=O)[O-]. The number of nitrogens with zero attached hydrogens (tertiary/aromatic N) is 3. The number of aliphatic hydroxyl groups excluding tert-OH is 1. The molecule has 1 aliphatic rings. The predicted octanol–water partition coefficient (Wildman–Crippen LogP) is 3.39. The number of anilines is 2. The minimum absolute atomic E-state index is 0.000366. The van der Waals surface area contributed by atoms with Crippen molar-refractivity contribution in [3.63, 3.8) is 0 Å². The zero-order valence-corrected chi connectivity index (χ0v) is 17.5. The number of rotatable bonds is 7. The maximum Gasteiger partial charge on any atom is 0.305 e. The van der Waals surface area contributed by atoms with E-state index in [2.05, 4.69) is 10.2 Å². The molecule has 0 aliphatic carbocycles. The molecule has 8 nitrogen and oxygen atoms in total. The van der Waals surface area contributed by atoms with Crippen LogP contribution in [0, 0.1) is 10.1 Å². The average molecular weight is 433 g/mol. The molecule has 1 saturated heterocycles. The molecule has 1 heterocycles. The minimum atomic E-state index is -0.552. The van der Waals surface area contributed by atoms with E-state index in [1.54, 1.807) is 48.3 Å². The fourth-order valence-corrected chi connectivity index (χ4v) is 3.63. The maximum absolute atomic E-state index is 12.7. The van der Waals surface area contributed by atoms with Gasteiger partial charge in [-0.2, -0.15) is 0 Å². The van der Waals surface area contributed by atoms with E-state index >= 15 is 0 Å². The lowest BCUT2D eigenvalue weighted by atomic mass is 10.1. The van der Waals surface area contributed by atoms with Gasteiger partial charge in [0.05, 0.1) is 11.0 Å². The van der Waals surface area contributed by atoms with Gasteiger partial charge in [-0.3, -0.25) is 14.9 Å². The third-order valence-corrected chi connectivity index (χ3v) is 5.52. The predicted molar refractivity (Wildman–Crippen MR) is 117 cm³/mol. The van der Waals surface area contributed by atoms with Crippen LogP contribution in [0.3, 0.4) is 0 Å². The third-order valence-electron chi connectivity index (χ3n) is 5.26. The zero-order valence-electron chi connectivity index (χ0n) is 16.8. The Labute approximate surface area is 180 Å². The summed E-state index contributed by atoms with van der Waals surface area (Å²) in [5, 5.41) is 24.7. The second-order valence-corrected chi connectivity index (χ2v) is 7.82. The molecule has 0 unspecified atom stereocenters. The van der Waals surface area contributed by atoms with Crippen LogP contribution in [0.25, 0.3) is 0 Å². The fourth-order valence-electron chi connectivity index (χ4n) is 3.50. The standard InChI is InChI=1S/C21H25ClN4O4/c1-24(13-14-25-11-9-17(27)10-12-25)19-4-2-3-18(20(19)26(29)30)21(28)23-16-7-5-15(22)6-8-16/h2-8,17,27H,9-14H2,1H3,(H,23,28). The Morgan fingerprint density at radius 3 is 2.57 bits per heavy atom. The monoisotopic (exact) mass is 432 g/mol. The molecular weight excluding hydrogens is 408 g/mol. The Morgan fingerprint density at radius 2 is 1.93 bits per heavy atom. The lowest BCUT2D eigenvalue weighted by Crippen LogP contribution is -2.40. The van der Waals surface area contributed by atoms with Gasteiger partial charge in [0.2, 0.25) is 0 Å². The third kappa shape index (κ3) is 5.47. The molecule has 2 aromatic carbocycles. The van der Waals surface area contributed by atoms with Crippen LogP contribution in [-0.2, 0) is 0 Å². The van der Waals surface area contributed by atoms with E-state index in [0.29, 0.717) is 22.9 Å². The molecule has 0 bridgehead atoms. The summed E-state index contributed by atoms with van der Waals surface area (Å²) in [4.78, 5) is 28.1. The van der Waals surface area contributed by atoms with Crippen LogP contribution in [-0.4, -0.2) is 60.2 Å². The number of piperidine rings is 1. The van der Waals surface area contributed by atoms with Gasteiger partial charge in [-0.1, -0.05) is 17.7 Å². The van der Waals surface area contributed by atoms with E-state index in [-0.39, 0.29) is 17.4 Å². The number of amides is 1. The number of hydrogen-bond donors (Lipinski definition) is 2. The summed E-state index contributed by atoms with van der Waals surface area (Å²) in [7, 11) is 1.78. The number of aliphatic hydroxyl groups is 1. The number of carbonyl (C=O) groups excluding carboxylic acids is 1. The Hall–Kier alpha value is -2.68. The van der Waals surface area contributed by atoms with E-state index in [1.807, 2.05) is 0 Å². The molecule has 1 amide bonds. The van der Waals surface area contributed by atoms with Gasteiger partial charge in [0.15, 0.2) is 0 Å². The highest BCUT2D eigenvalue weighted by atomic mass is 35.5. The Morgan fingerprint density at radius 1 is 1.27 bits per heavy atom. The summed E-state index contributed by atoms with van der Waals surface area (Å²) in [6.45, 7) is 2.90. The highest BCUT2D eigenvalue weighted by molar-refractivity contribution is 6.30. The molecule has 0 spiro atoms. The van der Waals surface area contributed by atoms with Crippen molar-refractivity contribution < 1.29 is 14.8 Å². The van der Waals surface area contributed by atoms with Gasteiger partial charge in [0.1, 0.15) is 11.3 Å². The maximum atomic E-state index is 12.7. The summed E-state index contributed by atoms with van der Waals surface area (Å²) in [5.74, 6) is -0.552. The molecule has 0 aromatic heterocycles. The molecule has 30 heavy (non-hydrogen) atoms. The van der Waals surface area contributed by atoms with Gasteiger partial charge in [-0.25, -0.2) is 0 Å². The van der Waals surface area contributed by atoms with Gasteiger partial charge in [-0.15, -0.1) is 0 Å².